The summed E-state index contributed by atoms with van der Waals surface area (Å²) in [5, 5.41) is 0. The lowest BCUT2D eigenvalue weighted by Gasteiger charge is -2.18. The van der Waals surface area contributed by atoms with E-state index >= 15 is 0 Å². The van der Waals surface area contributed by atoms with Crippen LogP contribution in [0.3, 0.4) is 0 Å². The van der Waals surface area contributed by atoms with Gasteiger partial charge in [0, 0.05) is 11.5 Å². The Balaban J connectivity index is 2.54. The van der Waals surface area contributed by atoms with Gasteiger partial charge in [-0.25, -0.2) is 0 Å². The highest BCUT2D eigenvalue weighted by molar-refractivity contribution is 5.48. The van der Waals surface area contributed by atoms with Crippen LogP contribution in [0.15, 0.2) is 12.1 Å². The van der Waals surface area contributed by atoms with Crippen LogP contribution in [0.1, 0.15) is 35.4 Å². The van der Waals surface area contributed by atoms with Gasteiger partial charge in [-0.05, 0) is 44.4 Å². The van der Waals surface area contributed by atoms with Gasteiger partial charge in [0.15, 0.2) is 0 Å². The molecule has 1 aromatic rings. The normalized spacial score (nSPS) is 20.3. The molecule has 82 valence electrons. The fourth-order valence-corrected chi connectivity index (χ4v) is 2.39. The Morgan fingerprint density at radius 2 is 2.07 bits per heavy atom. The number of nitrogens with two attached hydrogens (primary N) is 1. The summed E-state index contributed by atoms with van der Waals surface area (Å²) >= 11 is 0. The van der Waals surface area contributed by atoms with Crippen molar-refractivity contribution in [3.05, 3.63) is 28.8 Å². The molecule has 1 aliphatic heterocycles. The van der Waals surface area contributed by atoms with E-state index in [2.05, 4.69) is 26.0 Å². The molecule has 2 N–H and O–H groups in total. The molecular formula is C13H19NO. The van der Waals surface area contributed by atoms with Gasteiger partial charge in [0.2, 0.25) is 0 Å². The molecular weight excluding hydrogens is 186 g/mol. The molecule has 0 spiro atoms. The van der Waals surface area contributed by atoms with E-state index in [-0.39, 0.29) is 0 Å². The molecule has 2 heteroatoms. The predicted octanol–water partition coefficient (Wildman–Crippen LogP) is 2.52. The van der Waals surface area contributed by atoms with Crippen molar-refractivity contribution in [1.29, 1.82) is 0 Å². The molecule has 0 saturated heterocycles. The number of rotatable bonds is 1. The Hall–Kier alpha value is -1.02. The minimum absolute atomic E-state index is 0.474. The van der Waals surface area contributed by atoms with Gasteiger partial charge in [-0.15, -0.1) is 0 Å². The number of hydrogen-bond donors (Lipinski definition) is 1. The summed E-state index contributed by atoms with van der Waals surface area (Å²) in [4.78, 5) is 0. The minimum Gasteiger partial charge on any atom is -0.493 e. The number of hydrogen-bond acceptors (Lipinski definition) is 2. The Bertz CT molecular complexity index is 360. The summed E-state index contributed by atoms with van der Waals surface area (Å²) in [5.74, 6) is 1.56. The second-order valence-corrected chi connectivity index (χ2v) is 4.37. The molecule has 15 heavy (non-hydrogen) atoms. The molecule has 0 aromatic heterocycles. The molecule has 0 fully saturated rings. The maximum atomic E-state index is 5.85. The molecule has 0 bridgehead atoms. The third kappa shape index (κ3) is 1.86. The van der Waals surface area contributed by atoms with Gasteiger partial charge in [0.25, 0.3) is 0 Å². The summed E-state index contributed by atoms with van der Waals surface area (Å²) in [7, 11) is 0. The SMILES string of the molecule is Cc1ccc(C)c2c1OCCCC2CN. The first-order valence-electron chi connectivity index (χ1n) is 5.67. The molecule has 2 nitrogen and oxygen atoms in total. The van der Waals surface area contributed by atoms with Gasteiger partial charge >= 0.3 is 0 Å². The van der Waals surface area contributed by atoms with Gasteiger partial charge < -0.3 is 10.5 Å². The molecule has 1 unspecified atom stereocenters. The number of fused-ring (bicyclic) bond motifs is 1. The molecule has 0 radical (unpaired) electrons. The first-order chi connectivity index (χ1) is 7.24. The quantitative estimate of drug-likeness (QED) is 0.764. The zero-order valence-corrected chi connectivity index (χ0v) is 9.55. The van der Waals surface area contributed by atoms with E-state index in [1.807, 2.05) is 0 Å². The highest BCUT2D eigenvalue weighted by Gasteiger charge is 2.21. The first kappa shape index (κ1) is 10.5. The molecule has 0 amide bonds. The van der Waals surface area contributed by atoms with Crippen LogP contribution in [0, 0.1) is 13.8 Å². The summed E-state index contributed by atoms with van der Waals surface area (Å²) in [5.41, 5.74) is 9.74. The van der Waals surface area contributed by atoms with Crippen LogP contribution in [0.4, 0.5) is 0 Å². The zero-order valence-electron chi connectivity index (χ0n) is 9.55. The topological polar surface area (TPSA) is 35.2 Å². The maximum absolute atomic E-state index is 5.85. The van der Waals surface area contributed by atoms with Crippen molar-refractivity contribution in [2.45, 2.75) is 32.6 Å². The average molecular weight is 205 g/mol. The van der Waals surface area contributed by atoms with Crippen molar-refractivity contribution in [3.63, 3.8) is 0 Å². The van der Waals surface area contributed by atoms with Crippen LogP contribution in [0.2, 0.25) is 0 Å². The zero-order chi connectivity index (χ0) is 10.8. The Morgan fingerprint density at radius 1 is 1.33 bits per heavy atom. The fraction of sp³-hybridized carbons (Fsp3) is 0.538. The number of ether oxygens (including phenoxy) is 1. The van der Waals surface area contributed by atoms with Crippen molar-refractivity contribution in [1.82, 2.24) is 0 Å². The maximum Gasteiger partial charge on any atom is 0.125 e. The fourth-order valence-electron chi connectivity index (χ4n) is 2.39. The monoisotopic (exact) mass is 205 g/mol. The number of benzene rings is 1. The highest BCUT2D eigenvalue weighted by atomic mass is 16.5. The smallest absolute Gasteiger partial charge is 0.125 e. The van der Waals surface area contributed by atoms with E-state index in [1.165, 1.54) is 16.7 Å². The molecule has 1 atom stereocenters. The predicted molar refractivity (Wildman–Crippen MR) is 62.4 cm³/mol. The second-order valence-electron chi connectivity index (χ2n) is 4.37. The van der Waals surface area contributed by atoms with Crippen LogP contribution < -0.4 is 10.5 Å². The van der Waals surface area contributed by atoms with Gasteiger partial charge in [0.05, 0.1) is 6.61 Å². The van der Waals surface area contributed by atoms with Crippen LogP contribution in [-0.2, 0) is 0 Å². The van der Waals surface area contributed by atoms with Crippen molar-refractivity contribution in [2.75, 3.05) is 13.2 Å². The Morgan fingerprint density at radius 3 is 2.80 bits per heavy atom. The largest absolute Gasteiger partial charge is 0.493 e. The Labute approximate surface area is 91.4 Å². The number of aryl methyl sites for hydroxylation is 2. The van der Waals surface area contributed by atoms with Crippen molar-refractivity contribution in [3.8, 4) is 5.75 Å². The van der Waals surface area contributed by atoms with E-state index < -0.39 is 0 Å². The first-order valence-corrected chi connectivity index (χ1v) is 5.67. The van der Waals surface area contributed by atoms with E-state index in [9.17, 15) is 0 Å². The van der Waals surface area contributed by atoms with Crippen LogP contribution in [0.5, 0.6) is 5.75 Å². The molecule has 1 aromatic carbocycles. The average Bonchev–Trinajstić information content (AvgIpc) is 2.46. The van der Waals surface area contributed by atoms with E-state index in [4.69, 9.17) is 10.5 Å². The summed E-state index contributed by atoms with van der Waals surface area (Å²) in [6, 6.07) is 4.30. The van der Waals surface area contributed by atoms with E-state index in [0.717, 1.165) is 31.7 Å². The van der Waals surface area contributed by atoms with E-state index in [0.29, 0.717) is 5.92 Å². The standard InChI is InChI=1S/C13H19NO/c1-9-5-6-10(2)13-12(9)11(8-14)4-3-7-15-13/h5-6,11H,3-4,7-8,14H2,1-2H3. The van der Waals surface area contributed by atoms with Crippen LogP contribution >= 0.6 is 0 Å². The van der Waals surface area contributed by atoms with Gasteiger partial charge in [-0.1, -0.05) is 12.1 Å². The van der Waals surface area contributed by atoms with Crippen molar-refractivity contribution >= 4 is 0 Å². The summed E-state index contributed by atoms with van der Waals surface area (Å²) < 4.78 is 5.84. The van der Waals surface area contributed by atoms with Crippen LogP contribution in [-0.4, -0.2) is 13.2 Å². The van der Waals surface area contributed by atoms with Gasteiger partial charge in [-0.3, -0.25) is 0 Å². The lowest BCUT2D eigenvalue weighted by atomic mass is 9.89. The minimum atomic E-state index is 0.474. The summed E-state index contributed by atoms with van der Waals surface area (Å²) in [6.45, 7) is 5.81. The third-order valence-electron chi connectivity index (χ3n) is 3.25. The molecule has 2 rings (SSSR count). The lowest BCUT2D eigenvalue weighted by molar-refractivity contribution is 0.314. The van der Waals surface area contributed by atoms with E-state index in [1.54, 1.807) is 0 Å². The highest BCUT2D eigenvalue weighted by Crippen LogP contribution is 2.37. The molecule has 0 saturated carbocycles. The van der Waals surface area contributed by atoms with Crippen molar-refractivity contribution in [2.24, 2.45) is 5.73 Å². The molecule has 1 heterocycles. The Kier molecular flexibility index (Phi) is 2.96. The summed E-state index contributed by atoms with van der Waals surface area (Å²) in [6.07, 6.45) is 2.25. The van der Waals surface area contributed by atoms with Gasteiger partial charge in [0.1, 0.15) is 5.75 Å². The van der Waals surface area contributed by atoms with Gasteiger partial charge in [-0.2, -0.15) is 0 Å². The van der Waals surface area contributed by atoms with Crippen LogP contribution in [0.25, 0.3) is 0 Å². The third-order valence-corrected chi connectivity index (χ3v) is 3.25. The molecule has 1 aliphatic rings. The van der Waals surface area contributed by atoms with Crippen molar-refractivity contribution < 1.29 is 4.74 Å². The second kappa shape index (κ2) is 4.23. The lowest BCUT2D eigenvalue weighted by Crippen LogP contribution is -2.13. The molecule has 0 aliphatic carbocycles.